The number of carbonyl (C=O) groups excluding carboxylic acids is 1. The minimum atomic E-state index is -0.225. The second-order valence-electron chi connectivity index (χ2n) is 6.01. The molecular formula is C20H19ClN4O. The van der Waals surface area contributed by atoms with Gasteiger partial charge in [-0.3, -0.25) is 0 Å². The minimum Gasteiger partial charge on any atom is -0.343 e. The van der Waals surface area contributed by atoms with Gasteiger partial charge in [0.15, 0.2) is 0 Å². The molecule has 2 N–H and O–H groups in total. The first-order valence-electron chi connectivity index (χ1n) is 8.38. The smallest absolute Gasteiger partial charge is 0.319 e. The van der Waals surface area contributed by atoms with Gasteiger partial charge in [0, 0.05) is 35.2 Å². The molecule has 0 saturated carbocycles. The lowest BCUT2D eigenvalue weighted by Crippen LogP contribution is -2.29. The first-order valence-corrected chi connectivity index (χ1v) is 8.76. The SMILES string of the molecule is CCCNC(=O)Nc1ccc(-c2c(C#N)c3cc(Cl)ccc3n2C)cc1. The summed E-state index contributed by atoms with van der Waals surface area (Å²) in [6.45, 7) is 2.63. The van der Waals surface area contributed by atoms with Crippen LogP contribution in [0.1, 0.15) is 18.9 Å². The monoisotopic (exact) mass is 366 g/mol. The maximum Gasteiger partial charge on any atom is 0.319 e. The fourth-order valence-corrected chi connectivity index (χ4v) is 3.17. The molecule has 0 radical (unpaired) electrons. The molecule has 0 bridgehead atoms. The molecule has 1 heterocycles. The van der Waals surface area contributed by atoms with Gasteiger partial charge in [-0.15, -0.1) is 0 Å². The number of fused-ring (bicyclic) bond motifs is 1. The van der Waals surface area contributed by atoms with Gasteiger partial charge in [-0.05, 0) is 42.3 Å². The van der Waals surface area contributed by atoms with E-state index in [2.05, 4.69) is 16.7 Å². The van der Waals surface area contributed by atoms with Crippen LogP contribution in [0, 0.1) is 11.3 Å². The lowest BCUT2D eigenvalue weighted by Gasteiger charge is -2.09. The third kappa shape index (κ3) is 3.37. The minimum absolute atomic E-state index is 0.225. The summed E-state index contributed by atoms with van der Waals surface area (Å²) in [7, 11) is 1.93. The highest BCUT2D eigenvalue weighted by Crippen LogP contribution is 2.34. The van der Waals surface area contributed by atoms with Crippen molar-refractivity contribution in [3.05, 3.63) is 53.1 Å². The number of amides is 2. The largest absolute Gasteiger partial charge is 0.343 e. The Hall–Kier alpha value is -2.97. The average molecular weight is 367 g/mol. The number of hydrogen-bond donors (Lipinski definition) is 2. The summed E-state index contributed by atoms with van der Waals surface area (Å²) in [5.74, 6) is 0. The molecule has 0 spiro atoms. The number of aromatic nitrogens is 1. The van der Waals surface area contributed by atoms with Gasteiger partial charge >= 0.3 is 6.03 Å². The van der Waals surface area contributed by atoms with Crippen molar-refractivity contribution in [3.63, 3.8) is 0 Å². The summed E-state index contributed by atoms with van der Waals surface area (Å²) in [4.78, 5) is 11.7. The van der Waals surface area contributed by atoms with Crippen LogP contribution >= 0.6 is 11.6 Å². The molecule has 2 aromatic carbocycles. The maximum atomic E-state index is 11.7. The third-order valence-electron chi connectivity index (χ3n) is 4.23. The van der Waals surface area contributed by atoms with E-state index in [1.165, 1.54) is 0 Å². The summed E-state index contributed by atoms with van der Waals surface area (Å²) in [5.41, 5.74) is 3.96. The number of urea groups is 1. The van der Waals surface area contributed by atoms with Gasteiger partial charge in [0.05, 0.1) is 11.3 Å². The van der Waals surface area contributed by atoms with E-state index in [1.54, 1.807) is 0 Å². The molecule has 0 unspecified atom stereocenters. The van der Waals surface area contributed by atoms with E-state index in [4.69, 9.17) is 11.6 Å². The van der Waals surface area contributed by atoms with Crippen molar-refractivity contribution in [3.8, 4) is 17.3 Å². The standard InChI is InChI=1S/C20H19ClN4O/c1-3-10-23-20(26)24-15-7-4-13(5-8-15)19-17(12-22)16-11-14(21)6-9-18(16)25(19)2/h4-9,11H,3,10H2,1-2H3,(H2,23,24,26). The van der Waals surface area contributed by atoms with Crippen molar-refractivity contribution < 1.29 is 4.79 Å². The molecular weight excluding hydrogens is 348 g/mol. The molecule has 0 aliphatic rings. The lowest BCUT2D eigenvalue weighted by molar-refractivity contribution is 0.252. The highest BCUT2D eigenvalue weighted by molar-refractivity contribution is 6.31. The van der Waals surface area contributed by atoms with E-state index in [-0.39, 0.29) is 6.03 Å². The van der Waals surface area contributed by atoms with Crippen LogP contribution < -0.4 is 10.6 Å². The Balaban J connectivity index is 1.96. The molecule has 0 fully saturated rings. The predicted octanol–water partition coefficient (Wildman–Crippen LogP) is 4.90. The quantitative estimate of drug-likeness (QED) is 0.689. The number of rotatable bonds is 4. The number of benzene rings is 2. The van der Waals surface area contributed by atoms with Crippen LogP contribution in [-0.2, 0) is 7.05 Å². The lowest BCUT2D eigenvalue weighted by atomic mass is 10.1. The van der Waals surface area contributed by atoms with E-state index in [0.29, 0.717) is 22.8 Å². The summed E-state index contributed by atoms with van der Waals surface area (Å²) < 4.78 is 1.99. The normalized spacial score (nSPS) is 10.5. The number of halogens is 1. The zero-order valence-corrected chi connectivity index (χ0v) is 15.4. The van der Waals surface area contributed by atoms with Crippen LogP contribution in [0.25, 0.3) is 22.2 Å². The topological polar surface area (TPSA) is 69.8 Å². The molecule has 3 rings (SSSR count). The van der Waals surface area contributed by atoms with Crippen LogP contribution in [0.15, 0.2) is 42.5 Å². The molecule has 5 nitrogen and oxygen atoms in total. The first kappa shape index (κ1) is 17.8. The third-order valence-corrected chi connectivity index (χ3v) is 4.46. The van der Waals surface area contributed by atoms with Crippen molar-refractivity contribution in [1.82, 2.24) is 9.88 Å². The second-order valence-corrected chi connectivity index (χ2v) is 6.45. The zero-order chi connectivity index (χ0) is 18.7. The fourth-order valence-electron chi connectivity index (χ4n) is 2.99. The molecule has 6 heteroatoms. The summed E-state index contributed by atoms with van der Waals surface area (Å²) >= 11 is 6.10. The summed E-state index contributed by atoms with van der Waals surface area (Å²) in [6, 6.07) is 15.1. The predicted molar refractivity (Wildman–Crippen MR) is 105 cm³/mol. The van der Waals surface area contributed by atoms with E-state index in [0.717, 1.165) is 28.6 Å². The molecule has 132 valence electrons. The molecule has 3 aromatic rings. The Labute approximate surface area is 157 Å². The van der Waals surface area contributed by atoms with Gasteiger partial charge in [-0.1, -0.05) is 30.7 Å². The number of nitrogens with one attached hydrogen (secondary N) is 2. The van der Waals surface area contributed by atoms with Gasteiger partial charge in [0.2, 0.25) is 0 Å². The van der Waals surface area contributed by atoms with Gasteiger partial charge in [-0.25, -0.2) is 4.79 Å². The van der Waals surface area contributed by atoms with Crippen molar-refractivity contribution in [2.75, 3.05) is 11.9 Å². The number of nitriles is 1. The number of hydrogen-bond acceptors (Lipinski definition) is 2. The Morgan fingerprint density at radius 3 is 2.62 bits per heavy atom. The van der Waals surface area contributed by atoms with E-state index in [9.17, 15) is 10.1 Å². The second kappa shape index (κ2) is 7.51. The molecule has 0 aliphatic carbocycles. The molecule has 0 saturated heterocycles. The zero-order valence-electron chi connectivity index (χ0n) is 14.6. The Morgan fingerprint density at radius 1 is 1.23 bits per heavy atom. The first-order chi connectivity index (χ1) is 12.5. The number of aryl methyl sites for hydroxylation is 1. The van der Waals surface area contributed by atoms with E-state index in [1.807, 2.05) is 61.0 Å². The fraction of sp³-hybridized carbons (Fsp3) is 0.200. The molecule has 0 atom stereocenters. The Bertz CT molecular complexity index is 999. The van der Waals surface area contributed by atoms with Crippen LogP contribution in [-0.4, -0.2) is 17.1 Å². The average Bonchev–Trinajstić information content (AvgIpc) is 2.91. The van der Waals surface area contributed by atoms with E-state index < -0.39 is 0 Å². The molecule has 0 aliphatic heterocycles. The van der Waals surface area contributed by atoms with E-state index >= 15 is 0 Å². The molecule has 1 aromatic heterocycles. The van der Waals surface area contributed by atoms with Crippen LogP contribution in [0.3, 0.4) is 0 Å². The maximum absolute atomic E-state index is 11.7. The molecule has 2 amide bonds. The summed E-state index contributed by atoms with van der Waals surface area (Å²) in [5, 5.41) is 16.7. The van der Waals surface area contributed by atoms with Crippen LogP contribution in [0.4, 0.5) is 10.5 Å². The van der Waals surface area contributed by atoms with Crippen molar-refractivity contribution >= 4 is 34.2 Å². The van der Waals surface area contributed by atoms with Gasteiger partial charge in [0.1, 0.15) is 6.07 Å². The van der Waals surface area contributed by atoms with Gasteiger partial charge < -0.3 is 15.2 Å². The van der Waals surface area contributed by atoms with Crippen LogP contribution in [0.2, 0.25) is 5.02 Å². The van der Waals surface area contributed by atoms with Crippen molar-refractivity contribution in [2.24, 2.45) is 7.05 Å². The number of nitrogens with zero attached hydrogens (tertiary/aromatic N) is 2. The Kier molecular flexibility index (Phi) is 5.15. The number of anilines is 1. The van der Waals surface area contributed by atoms with Crippen molar-refractivity contribution in [1.29, 1.82) is 5.26 Å². The summed E-state index contributed by atoms with van der Waals surface area (Å²) in [6.07, 6.45) is 0.883. The van der Waals surface area contributed by atoms with Gasteiger partial charge in [0.25, 0.3) is 0 Å². The van der Waals surface area contributed by atoms with Gasteiger partial charge in [-0.2, -0.15) is 5.26 Å². The van der Waals surface area contributed by atoms with Crippen molar-refractivity contribution in [2.45, 2.75) is 13.3 Å². The highest BCUT2D eigenvalue weighted by Gasteiger charge is 2.17. The van der Waals surface area contributed by atoms with Crippen LogP contribution in [0.5, 0.6) is 0 Å². The number of carbonyl (C=O) groups is 1. The Morgan fingerprint density at radius 2 is 1.96 bits per heavy atom. The molecule has 26 heavy (non-hydrogen) atoms. The highest BCUT2D eigenvalue weighted by atomic mass is 35.5.